The Morgan fingerprint density at radius 1 is 0.344 bits per heavy atom. The van der Waals surface area contributed by atoms with E-state index in [9.17, 15) is 57.8 Å². The number of hydrogen-bond acceptors (Lipinski definition) is 1. The number of phenols is 1. The van der Waals surface area contributed by atoms with Crippen LogP contribution in [-0.2, 0) is 19.0 Å². The molecular weight excluding hydrogens is 931 g/mol. The van der Waals surface area contributed by atoms with E-state index in [0.717, 1.165) is 11.3 Å². The van der Waals surface area contributed by atoms with E-state index in [4.69, 9.17) is 0 Å². The third-order valence-corrected chi connectivity index (χ3v) is 10.6. The normalized spacial score (nSPS) is 11.6. The van der Waals surface area contributed by atoms with Crippen molar-refractivity contribution in [2.45, 2.75) is 11.3 Å². The largest absolute Gasteiger partial charge is 0.508 e. The molecule has 0 aliphatic rings. The van der Waals surface area contributed by atoms with E-state index in [-0.39, 0.29) is 0 Å². The van der Waals surface area contributed by atoms with Gasteiger partial charge in [-0.2, -0.15) is 0 Å². The van der Waals surface area contributed by atoms with Crippen molar-refractivity contribution in [2.24, 2.45) is 0 Å². The first-order valence-electron chi connectivity index (χ1n) is 17.2. The fourth-order valence-electron chi connectivity index (χ4n) is 7.17. The summed E-state index contributed by atoms with van der Waals surface area (Å²) in [6, 6.07) is 20.0. The SMILES string of the molecule is Fc1c(F)c(F)c([B-](c2c(F)c(F)c(F)c(F)c2F)(c2c(F)c(F)c(F)c(F)c2F)c2c(F)c(F)c(F)c(F)c2F)c(F)c1F.Oc1ccc(Cc2ccc3ccccc3c2[SH2+])cc1. The van der Waals surface area contributed by atoms with E-state index in [1.807, 2.05) is 18.2 Å². The van der Waals surface area contributed by atoms with Crippen LogP contribution < -0.4 is 21.9 Å². The van der Waals surface area contributed by atoms with Gasteiger partial charge in [-0.15, -0.1) is 21.9 Å². The van der Waals surface area contributed by atoms with Gasteiger partial charge in [-0.1, -0.05) is 42.5 Å². The molecule has 0 fully saturated rings. The molecule has 0 aromatic heterocycles. The van der Waals surface area contributed by atoms with Crippen LogP contribution in [0, 0.1) is 116 Å². The standard InChI is InChI=1S/C24BF20.C17H14OS/c26-5-1(6(27)14(35)21(42)13(5)34)25(2-7(28)15(36)22(43)16(37)8(2)29,3-9(30)17(38)23(44)18(39)10(3)31)4-11(32)19(40)24(45)20(41)12(4)33;18-15-9-5-12(6-10-15)11-14-8-7-13-3-1-2-4-16(13)17(14)19/h;1-10,18-19H,11H2/q-1;/p+1. The second kappa shape index (κ2) is 17.3. The van der Waals surface area contributed by atoms with Crippen LogP contribution in [0.25, 0.3) is 10.8 Å². The van der Waals surface area contributed by atoms with Crippen molar-refractivity contribution in [2.75, 3.05) is 0 Å². The first kappa shape index (κ1) is 47.1. The molecule has 7 aromatic carbocycles. The van der Waals surface area contributed by atoms with E-state index >= 15 is 35.1 Å². The lowest BCUT2D eigenvalue weighted by Gasteiger charge is -2.44. The predicted molar refractivity (Wildman–Crippen MR) is 192 cm³/mol. The zero-order valence-corrected chi connectivity index (χ0v) is 31.6. The van der Waals surface area contributed by atoms with Crippen LogP contribution in [0.1, 0.15) is 11.1 Å². The minimum Gasteiger partial charge on any atom is -0.508 e. The molecule has 0 heterocycles. The number of benzene rings is 7. The quantitative estimate of drug-likeness (QED) is 0.0580. The van der Waals surface area contributed by atoms with Gasteiger partial charge in [0.25, 0.3) is 0 Å². The number of aromatic hydroxyl groups is 1. The van der Waals surface area contributed by atoms with Crippen molar-refractivity contribution in [3.8, 4) is 5.75 Å². The van der Waals surface area contributed by atoms with Crippen LogP contribution in [0.5, 0.6) is 5.75 Å². The highest BCUT2D eigenvalue weighted by molar-refractivity contribution is 7.59. The van der Waals surface area contributed by atoms with Crippen molar-refractivity contribution >= 4 is 51.4 Å². The summed E-state index contributed by atoms with van der Waals surface area (Å²) in [5, 5.41) is 11.8. The van der Waals surface area contributed by atoms with Gasteiger partial charge in [-0.05, 0) is 41.8 Å². The van der Waals surface area contributed by atoms with Gasteiger partial charge in [-0.25, -0.2) is 87.8 Å². The maximum absolute atomic E-state index is 15.4. The minimum atomic E-state index is -7.22. The van der Waals surface area contributed by atoms with Crippen molar-refractivity contribution in [1.82, 2.24) is 0 Å². The highest BCUT2D eigenvalue weighted by Crippen LogP contribution is 2.31. The highest BCUT2D eigenvalue weighted by atomic mass is 32.1. The van der Waals surface area contributed by atoms with E-state index in [0.29, 0.717) is 5.75 Å². The Hall–Kier alpha value is -6.39. The van der Waals surface area contributed by atoms with Gasteiger partial charge in [-0.3, -0.25) is 0 Å². The molecule has 23 heteroatoms. The van der Waals surface area contributed by atoms with Crippen molar-refractivity contribution in [3.05, 3.63) is 188 Å². The Labute approximate surface area is 349 Å². The molecule has 0 saturated carbocycles. The summed E-state index contributed by atoms with van der Waals surface area (Å²) in [4.78, 5) is 1.14. The summed E-state index contributed by atoms with van der Waals surface area (Å²) in [6.45, 7) is 0. The summed E-state index contributed by atoms with van der Waals surface area (Å²) in [5.41, 5.74) is -11.9. The monoisotopic (exact) mass is 946 g/mol. The molecule has 334 valence electrons. The maximum atomic E-state index is 15.4. The molecule has 0 spiro atoms. The molecule has 0 bridgehead atoms. The minimum absolute atomic E-state index is 0.306. The van der Waals surface area contributed by atoms with Gasteiger partial charge in [0, 0.05) is 17.4 Å². The van der Waals surface area contributed by atoms with E-state index < -0.39 is 144 Å². The van der Waals surface area contributed by atoms with Crippen molar-refractivity contribution in [3.63, 3.8) is 0 Å². The summed E-state index contributed by atoms with van der Waals surface area (Å²) >= 11 is 3.76. The third-order valence-electron chi connectivity index (χ3n) is 10.1. The highest BCUT2D eigenvalue weighted by Gasteiger charge is 2.52. The molecule has 0 atom stereocenters. The van der Waals surface area contributed by atoms with Crippen LogP contribution in [0.2, 0.25) is 0 Å². The average Bonchev–Trinajstić information content (AvgIpc) is 3.28. The number of halogens is 20. The fraction of sp³-hybridized carbons (Fsp3) is 0.0244. The molecular formula is C41H15BF20OS. The summed E-state index contributed by atoms with van der Waals surface area (Å²) < 4.78 is 294. The molecule has 0 aliphatic heterocycles. The Bertz CT molecular complexity index is 2670. The van der Waals surface area contributed by atoms with Crippen molar-refractivity contribution in [1.29, 1.82) is 0 Å². The number of fused-ring (bicyclic) bond motifs is 1. The number of rotatable bonds is 6. The molecule has 1 nitrogen and oxygen atoms in total. The zero-order valence-electron chi connectivity index (χ0n) is 30.6. The van der Waals surface area contributed by atoms with Gasteiger partial charge in [0.2, 0.25) is 0 Å². The van der Waals surface area contributed by atoms with Gasteiger partial charge in [0.1, 0.15) is 58.4 Å². The first-order chi connectivity index (χ1) is 29.9. The Morgan fingerprint density at radius 3 is 0.938 bits per heavy atom. The summed E-state index contributed by atoms with van der Waals surface area (Å²) in [5.74, 6) is -71.1. The lowest BCUT2D eigenvalue weighted by Crippen LogP contribution is -2.81. The molecule has 1 N–H and O–H groups in total. The smallest absolute Gasteiger partial charge is 0.200 e. The van der Waals surface area contributed by atoms with E-state index in [2.05, 4.69) is 43.0 Å². The van der Waals surface area contributed by atoms with E-state index in [1.54, 1.807) is 12.1 Å². The summed E-state index contributed by atoms with van der Waals surface area (Å²) in [6.07, 6.45) is -6.37. The fourth-order valence-corrected chi connectivity index (χ4v) is 7.57. The molecule has 0 aliphatic carbocycles. The van der Waals surface area contributed by atoms with Crippen LogP contribution in [0.15, 0.2) is 65.6 Å². The van der Waals surface area contributed by atoms with Crippen LogP contribution in [0.4, 0.5) is 87.8 Å². The molecule has 0 saturated heterocycles. The maximum Gasteiger partial charge on any atom is 0.200 e. The topological polar surface area (TPSA) is 20.2 Å². The van der Waals surface area contributed by atoms with Gasteiger partial charge in [0.05, 0.1) is 0 Å². The molecule has 7 rings (SSSR count). The van der Waals surface area contributed by atoms with Crippen LogP contribution in [0.3, 0.4) is 0 Å². The third kappa shape index (κ3) is 7.22. The lowest BCUT2D eigenvalue weighted by molar-refractivity contribution is 0.378. The van der Waals surface area contributed by atoms with Crippen LogP contribution >= 0.6 is 0 Å². The van der Waals surface area contributed by atoms with Gasteiger partial charge >= 0.3 is 0 Å². The molecule has 0 unspecified atom stereocenters. The molecule has 0 radical (unpaired) electrons. The van der Waals surface area contributed by atoms with Crippen molar-refractivity contribution < 1.29 is 92.9 Å². The lowest BCUT2D eigenvalue weighted by atomic mass is 9.12. The second-order valence-electron chi connectivity index (χ2n) is 13.5. The Morgan fingerprint density at radius 2 is 0.625 bits per heavy atom. The van der Waals surface area contributed by atoms with Gasteiger partial charge in [0.15, 0.2) is 74.7 Å². The van der Waals surface area contributed by atoms with Gasteiger partial charge < -0.3 is 5.11 Å². The Kier molecular flexibility index (Phi) is 12.7. The summed E-state index contributed by atoms with van der Waals surface area (Å²) in [7, 11) is 0. The number of phenolic OH excluding ortho intramolecular Hbond substituents is 1. The predicted octanol–water partition coefficient (Wildman–Crippen LogP) is 9.35. The Balaban J connectivity index is 0.000000295. The molecule has 0 amide bonds. The first-order valence-corrected chi connectivity index (χ1v) is 17.7. The average molecular weight is 946 g/mol. The molecule has 7 aromatic rings. The molecule has 64 heavy (non-hydrogen) atoms. The zero-order chi connectivity index (χ0) is 47.6. The van der Waals surface area contributed by atoms with Crippen LogP contribution in [-0.4, -0.2) is 11.3 Å². The number of hydrogen-bond donors (Lipinski definition) is 1. The van der Waals surface area contributed by atoms with E-state index in [1.165, 1.54) is 21.9 Å². The second-order valence-corrected chi connectivity index (χ2v) is 14.0.